The molecule has 0 fully saturated rings. The summed E-state index contributed by atoms with van der Waals surface area (Å²) in [5.41, 5.74) is 2.17. The van der Waals surface area contributed by atoms with Crippen LogP contribution >= 0.6 is 0 Å². The summed E-state index contributed by atoms with van der Waals surface area (Å²) in [6, 6.07) is 10.6. The first kappa shape index (κ1) is 14.8. The van der Waals surface area contributed by atoms with Crippen molar-refractivity contribution in [3.63, 3.8) is 0 Å². The SMILES string of the molecule is CC(C)NCCCOCc1cnn(-c2ccccc2)c1. The number of nitrogens with one attached hydrogen (secondary N) is 1. The van der Waals surface area contributed by atoms with Crippen molar-refractivity contribution in [1.82, 2.24) is 15.1 Å². The quantitative estimate of drug-likeness (QED) is 0.752. The van der Waals surface area contributed by atoms with Crippen molar-refractivity contribution < 1.29 is 4.74 Å². The van der Waals surface area contributed by atoms with Gasteiger partial charge in [0.15, 0.2) is 0 Å². The van der Waals surface area contributed by atoms with E-state index in [0.29, 0.717) is 12.6 Å². The van der Waals surface area contributed by atoms with Crippen LogP contribution in [0.25, 0.3) is 5.69 Å². The Morgan fingerprint density at radius 2 is 2.05 bits per heavy atom. The molecule has 0 aliphatic rings. The Kier molecular flexibility index (Phi) is 5.77. The molecule has 0 saturated heterocycles. The lowest BCUT2D eigenvalue weighted by molar-refractivity contribution is 0.118. The lowest BCUT2D eigenvalue weighted by atomic mass is 10.3. The average molecular weight is 273 g/mol. The Morgan fingerprint density at radius 3 is 2.80 bits per heavy atom. The Hall–Kier alpha value is -1.65. The van der Waals surface area contributed by atoms with Gasteiger partial charge in [0.25, 0.3) is 0 Å². The number of hydrogen-bond donors (Lipinski definition) is 1. The van der Waals surface area contributed by atoms with Crippen molar-refractivity contribution in [1.29, 1.82) is 0 Å². The Morgan fingerprint density at radius 1 is 1.25 bits per heavy atom. The summed E-state index contributed by atoms with van der Waals surface area (Å²) >= 11 is 0. The average Bonchev–Trinajstić information content (AvgIpc) is 2.92. The molecular weight excluding hydrogens is 250 g/mol. The van der Waals surface area contributed by atoms with Gasteiger partial charge in [-0.15, -0.1) is 0 Å². The zero-order valence-corrected chi connectivity index (χ0v) is 12.2. The molecule has 0 saturated carbocycles. The summed E-state index contributed by atoms with van der Waals surface area (Å²) in [5.74, 6) is 0. The smallest absolute Gasteiger partial charge is 0.0747 e. The van der Waals surface area contributed by atoms with E-state index in [-0.39, 0.29) is 0 Å². The number of ether oxygens (including phenoxy) is 1. The van der Waals surface area contributed by atoms with Crippen molar-refractivity contribution in [2.24, 2.45) is 0 Å². The maximum absolute atomic E-state index is 5.66. The lowest BCUT2D eigenvalue weighted by Crippen LogP contribution is -2.24. The molecule has 0 spiro atoms. The molecule has 0 amide bonds. The van der Waals surface area contributed by atoms with Crippen LogP contribution in [0.5, 0.6) is 0 Å². The topological polar surface area (TPSA) is 39.1 Å². The van der Waals surface area contributed by atoms with Crippen molar-refractivity contribution >= 4 is 0 Å². The molecule has 4 heteroatoms. The Balaban J connectivity index is 1.71. The summed E-state index contributed by atoms with van der Waals surface area (Å²) in [7, 11) is 0. The number of para-hydroxylation sites is 1. The molecular formula is C16H23N3O. The maximum atomic E-state index is 5.66. The molecule has 0 atom stereocenters. The van der Waals surface area contributed by atoms with Gasteiger partial charge < -0.3 is 10.1 Å². The van der Waals surface area contributed by atoms with Gasteiger partial charge in [-0.3, -0.25) is 0 Å². The minimum absolute atomic E-state index is 0.541. The summed E-state index contributed by atoms with van der Waals surface area (Å²) in [5, 5.41) is 7.72. The van der Waals surface area contributed by atoms with Crippen molar-refractivity contribution in [3.8, 4) is 5.69 Å². The van der Waals surface area contributed by atoms with Crippen molar-refractivity contribution in [3.05, 3.63) is 48.3 Å². The Labute approximate surface area is 120 Å². The number of nitrogens with zero attached hydrogens (tertiary/aromatic N) is 2. The number of benzene rings is 1. The van der Waals surface area contributed by atoms with Crippen LogP contribution in [0, 0.1) is 0 Å². The van der Waals surface area contributed by atoms with Crippen molar-refractivity contribution in [2.45, 2.75) is 32.9 Å². The third kappa shape index (κ3) is 4.79. The first-order valence-electron chi connectivity index (χ1n) is 7.16. The van der Waals surface area contributed by atoms with Crippen molar-refractivity contribution in [2.75, 3.05) is 13.2 Å². The molecule has 4 nitrogen and oxygen atoms in total. The van der Waals surface area contributed by atoms with E-state index in [2.05, 4.69) is 24.3 Å². The van der Waals surface area contributed by atoms with Crippen LogP contribution in [0.4, 0.5) is 0 Å². The number of aromatic nitrogens is 2. The molecule has 1 heterocycles. The normalized spacial score (nSPS) is 11.2. The molecule has 0 radical (unpaired) electrons. The molecule has 20 heavy (non-hydrogen) atoms. The molecule has 0 aliphatic heterocycles. The summed E-state index contributed by atoms with van der Waals surface area (Å²) < 4.78 is 7.53. The van der Waals surface area contributed by atoms with Gasteiger partial charge in [0.1, 0.15) is 0 Å². The van der Waals surface area contributed by atoms with Crippen LogP contribution in [0.3, 0.4) is 0 Å². The zero-order chi connectivity index (χ0) is 14.2. The molecule has 1 N–H and O–H groups in total. The second-order valence-corrected chi connectivity index (χ2v) is 5.14. The van der Waals surface area contributed by atoms with Gasteiger partial charge in [0.05, 0.1) is 18.5 Å². The molecule has 1 aromatic carbocycles. The fourth-order valence-electron chi connectivity index (χ4n) is 1.91. The fourth-order valence-corrected chi connectivity index (χ4v) is 1.91. The summed E-state index contributed by atoms with van der Waals surface area (Å²) in [4.78, 5) is 0. The molecule has 0 bridgehead atoms. The van der Waals surface area contributed by atoms with E-state index >= 15 is 0 Å². The fraction of sp³-hybridized carbons (Fsp3) is 0.438. The van der Waals surface area contributed by atoms with E-state index in [4.69, 9.17) is 4.74 Å². The van der Waals surface area contributed by atoms with E-state index < -0.39 is 0 Å². The van der Waals surface area contributed by atoms with Gasteiger partial charge in [-0.1, -0.05) is 32.0 Å². The predicted octanol–water partition coefficient (Wildman–Crippen LogP) is 2.78. The molecule has 2 rings (SSSR count). The second kappa shape index (κ2) is 7.82. The zero-order valence-electron chi connectivity index (χ0n) is 12.2. The van der Waals surface area contributed by atoms with E-state index in [1.165, 1.54) is 0 Å². The largest absolute Gasteiger partial charge is 0.377 e. The highest BCUT2D eigenvalue weighted by Gasteiger charge is 2.00. The summed E-state index contributed by atoms with van der Waals surface area (Å²) in [6.07, 6.45) is 4.91. The monoisotopic (exact) mass is 273 g/mol. The molecule has 1 aromatic heterocycles. The molecule has 0 aliphatic carbocycles. The van der Waals surface area contributed by atoms with E-state index in [0.717, 1.165) is 30.8 Å². The van der Waals surface area contributed by atoms with Gasteiger partial charge in [-0.05, 0) is 25.1 Å². The number of rotatable bonds is 8. The first-order valence-corrected chi connectivity index (χ1v) is 7.16. The predicted molar refractivity (Wildman–Crippen MR) is 81.0 cm³/mol. The van der Waals surface area contributed by atoms with E-state index in [1.54, 1.807) is 0 Å². The van der Waals surface area contributed by atoms with Crippen LogP contribution in [0.2, 0.25) is 0 Å². The van der Waals surface area contributed by atoms with Crippen LogP contribution < -0.4 is 5.32 Å². The highest BCUT2D eigenvalue weighted by molar-refractivity contribution is 5.30. The van der Waals surface area contributed by atoms with Gasteiger partial charge in [0.2, 0.25) is 0 Å². The molecule has 108 valence electrons. The second-order valence-electron chi connectivity index (χ2n) is 5.14. The molecule has 0 unspecified atom stereocenters. The maximum Gasteiger partial charge on any atom is 0.0747 e. The van der Waals surface area contributed by atoms with Crippen LogP contribution in [0.15, 0.2) is 42.7 Å². The van der Waals surface area contributed by atoms with Gasteiger partial charge in [-0.25, -0.2) is 4.68 Å². The first-order chi connectivity index (χ1) is 9.75. The standard InChI is InChI=1S/C16H23N3O/c1-14(2)17-9-6-10-20-13-15-11-18-19(12-15)16-7-4-3-5-8-16/h3-5,7-8,11-12,14,17H,6,9-10,13H2,1-2H3. The van der Waals surface area contributed by atoms with Crippen LogP contribution in [0.1, 0.15) is 25.8 Å². The molecule has 2 aromatic rings. The summed E-state index contributed by atoms with van der Waals surface area (Å²) in [6.45, 7) is 6.70. The highest BCUT2D eigenvalue weighted by Crippen LogP contribution is 2.08. The highest BCUT2D eigenvalue weighted by atomic mass is 16.5. The van der Waals surface area contributed by atoms with Gasteiger partial charge >= 0.3 is 0 Å². The van der Waals surface area contributed by atoms with Gasteiger partial charge in [0, 0.05) is 24.4 Å². The van der Waals surface area contributed by atoms with E-state index in [9.17, 15) is 0 Å². The van der Waals surface area contributed by atoms with E-state index in [1.807, 2.05) is 47.4 Å². The lowest BCUT2D eigenvalue weighted by Gasteiger charge is -2.07. The van der Waals surface area contributed by atoms with Gasteiger partial charge in [-0.2, -0.15) is 5.10 Å². The minimum atomic E-state index is 0.541. The van der Waals surface area contributed by atoms with Crippen LogP contribution in [-0.4, -0.2) is 29.0 Å². The third-order valence-corrected chi connectivity index (χ3v) is 2.94. The number of hydrogen-bond acceptors (Lipinski definition) is 3. The minimum Gasteiger partial charge on any atom is -0.377 e. The third-order valence-electron chi connectivity index (χ3n) is 2.94. The van der Waals surface area contributed by atoms with Crippen LogP contribution in [-0.2, 0) is 11.3 Å². The Bertz CT molecular complexity index is 493.